The molecule has 1 saturated heterocycles. The Hall–Kier alpha value is -2.86. The quantitative estimate of drug-likeness (QED) is 0.755. The van der Waals surface area contributed by atoms with Gasteiger partial charge in [0.25, 0.3) is 5.91 Å². The lowest BCUT2D eigenvalue weighted by atomic mass is 9.84. The Bertz CT molecular complexity index is 1010. The molecule has 4 amide bonds. The van der Waals surface area contributed by atoms with Gasteiger partial charge in [0.05, 0.1) is 0 Å². The molecule has 0 radical (unpaired) electrons. The molecule has 2 aliphatic rings. The molecule has 0 bridgehead atoms. The molecule has 0 saturated carbocycles. The normalized spacial score (nSPS) is 21.0. The van der Waals surface area contributed by atoms with E-state index >= 15 is 0 Å². The predicted molar refractivity (Wildman–Crippen MR) is 111 cm³/mol. The monoisotopic (exact) mass is 411 g/mol. The lowest BCUT2D eigenvalue weighted by molar-refractivity contribution is -0.134. The van der Waals surface area contributed by atoms with Gasteiger partial charge in [0.1, 0.15) is 12.1 Å². The molecule has 1 heterocycles. The van der Waals surface area contributed by atoms with Gasteiger partial charge in [-0.05, 0) is 67.5 Å². The Labute approximate surface area is 174 Å². The van der Waals surface area contributed by atoms with E-state index in [0.717, 1.165) is 40.9 Å². The van der Waals surface area contributed by atoms with Crippen LogP contribution < -0.4 is 10.6 Å². The van der Waals surface area contributed by atoms with E-state index in [2.05, 4.69) is 10.6 Å². The van der Waals surface area contributed by atoms with Crippen molar-refractivity contribution in [3.05, 3.63) is 64.2 Å². The summed E-state index contributed by atoms with van der Waals surface area (Å²) in [7, 11) is 0. The second-order valence-electron chi connectivity index (χ2n) is 7.60. The van der Waals surface area contributed by atoms with Gasteiger partial charge in [0.2, 0.25) is 5.91 Å². The van der Waals surface area contributed by atoms with Crippen molar-refractivity contribution in [2.45, 2.75) is 38.1 Å². The van der Waals surface area contributed by atoms with E-state index in [9.17, 15) is 14.4 Å². The number of halogens is 1. The van der Waals surface area contributed by atoms with Crippen LogP contribution in [0.3, 0.4) is 0 Å². The molecule has 2 N–H and O–H groups in total. The van der Waals surface area contributed by atoms with Gasteiger partial charge in [0, 0.05) is 10.7 Å². The first-order valence-corrected chi connectivity index (χ1v) is 10.1. The van der Waals surface area contributed by atoms with E-state index in [-0.39, 0.29) is 12.5 Å². The van der Waals surface area contributed by atoms with Crippen LogP contribution in [0.15, 0.2) is 42.5 Å². The number of benzene rings is 2. The van der Waals surface area contributed by atoms with Gasteiger partial charge in [-0.15, -0.1) is 0 Å². The number of anilines is 1. The fourth-order valence-corrected chi connectivity index (χ4v) is 4.44. The molecule has 2 aromatic carbocycles. The maximum Gasteiger partial charge on any atom is 0.325 e. The van der Waals surface area contributed by atoms with E-state index in [1.165, 1.54) is 0 Å². The number of hydrogen-bond donors (Lipinski definition) is 2. The van der Waals surface area contributed by atoms with E-state index in [1.54, 1.807) is 18.2 Å². The molecule has 150 valence electrons. The second-order valence-corrected chi connectivity index (χ2v) is 8.03. The van der Waals surface area contributed by atoms with Crippen molar-refractivity contribution in [2.75, 3.05) is 11.9 Å². The SMILES string of the molecule is Cc1cc(Cl)ccc1NC(=O)CN1C(=O)NC2(CCCCc3ccccc32)C1=O. The van der Waals surface area contributed by atoms with Crippen LogP contribution >= 0.6 is 11.6 Å². The van der Waals surface area contributed by atoms with Crippen molar-refractivity contribution in [1.29, 1.82) is 0 Å². The Morgan fingerprint density at radius 3 is 2.79 bits per heavy atom. The van der Waals surface area contributed by atoms with Gasteiger partial charge in [-0.3, -0.25) is 14.5 Å². The fourth-order valence-electron chi connectivity index (χ4n) is 4.22. The minimum absolute atomic E-state index is 0.337. The molecule has 1 atom stereocenters. The zero-order chi connectivity index (χ0) is 20.6. The van der Waals surface area contributed by atoms with Crippen molar-refractivity contribution < 1.29 is 14.4 Å². The van der Waals surface area contributed by atoms with Crippen molar-refractivity contribution >= 4 is 35.1 Å². The number of urea groups is 1. The molecular weight excluding hydrogens is 390 g/mol. The van der Waals surface area contributed by atoms with Crippen LogP contribution in [0.25, 0.3) is 0 Å². The summed E-state index contributed by atoms with van der Waals surface area (Å²) in [5, 5.41) is 6.22. The standard InChI is InChI=1S/C22H22ClN3O3/c1-14-12-16(23)9-10-18(14)24-19(27)13-26-20(28)22(25-21(26)29)11-5-4-7-15-6-2-3-8-17(15)22/h2-3,6,8-10,12H,4-5,7,11,13H2,1H3,(H,24,27)(H,25,29). The van der Waals surface area contributed by atoms with Crippen LogP contribution in [0.1, 0.15) is 36.0 Å². The number of carbonyl (C=O) groups excluding carboxylic acids is 3. The largest absolute Gasteiger partial charge is 0.325 e. The number of imide groups is 1. The Morgan fingerprint density at radius 1 is 1.21 bits per heavy atom. The van der Waals surface area contributed by atoms with Gasteiger partial charge in [-0.2, -0.15) is 0 Å². The summed E-state index contributed by atoms with van der Waals surface area (Å²) in [5.41, 5.74) is 2.23. The molecule has 6 nitrogen and oxygen atoms in total. The number of amides is 4. The molecule has 0 aromatic heterocycles. The first-order valence-electron chi connectivity index (χ1n) is 9.69. The minimum Gasteiger partial charge on any atom is -0.324 e. The fraction of sp³-hybridized carbons (Fsp3) is 0.318. The summed E-state index contributed by atoms with van der Waals surface area (Å²) < 4.78 is 0. The van der Waals surface area contributed by atoms with Crippen LogP contribution in [-0.4, -0.2) is 29.3 Å². The third-order valence-electron chi connectivity index (χ3n) is 5.67. The van der Waals surface area contributed by atoms with Crippen molar-refractivity contribution in [3.63, 3.8) is 0 Å². The highest BCUT2D eigenvalue weighted by Crippen LogP contribution is 2.38. The number of nitrogens with zero attached hydrogens (tertiary/aromatic N) is 1. The average Bonchev–Trinajstić information content (AvgIpc) is 2.83. The first-order chi connectivity index (χ1) is 13.9. The van der Waals surface area contributed by atoms with Crippen LogP contribution in [0.5, 0.6) is 0 Å². The van der Waals surface area contributed by atoms with E-state index in [4.69, 9.17) is 11.6 Å². The predicted octanol–water partition coefficient (Wildman–Crippen LogP) is 3.76. The number of hydrogen-bond acceptors (Lipinski definition) is 3. The van der Waals surface area contributed by atoms with Crippen LogP contribution in [0, 0.1) is 6.92 Å². The van der Waals surface area contributed by atoms with Crippen LogP contribution in [0.4, 0.5) is 10.5 Å². The number of aryl methyl sites for hydroxylation is 2. The minimum atomic E-state index is -1.08. The molecule has 1 spiro atoms. The van der Waals surface area contributed by atoms with Crippen LogP contribution in [-0.2, 0) is 21.5 Å². The third kappa shape index (κ3) is 3.49. The van der Waals surface area contributed by atoms with E-state index < -0.39 is 17.5 Å². The zero-order valence-electron chi connectivity index (χ0n) is 16.1. The number of nitrogens with one attached hydrogen (secondary N) is 2. The lowest BCUT2D eigenvalue weighted by Gasteiger charge is -2.27. The van der Waals surface area contributed by atoms with Crippen LogP contribution in [0.2, 0.25) is 5.02 Å². The maximum absolute atomic E-state index is 13.4. The topological polar surface area (TPSA) is 78.5 Å². The summed E-state index contributed by atoms with van der Waals surface area (Å²) in [4.78, 5) is 39.6. The molecule has 1 aliphatic carbocycles. The van der Waals surface area contributed by atoms with Crippen molar-refractivity contribution in [1.82, 2.24) is 10.2 Å². The maximum atomic E-state index is 13.4. The average molecular weight is 412 g/mol. The smallest absolute Gasteiger partial charge is 0.324 e. The molecule has 2 aromatic rings. The van der Waals surface area contributed by atoms with Gasteiger partial charge >= 0.3 is 6.03 Å². The van der Waals surface area contributed by atoms with Gasteiger partial charge in [0.15, 0.2) is 0 Å². The summed E-state index contributed by atoms with van der Waals surface area (Å²) >= 11 is 5.95. The van der Waals surface area contributed by atoms with E-state index in [0.29, 0.717) is 17.1 Å². The summed E-state index contributed by atoms with van der Waals surface area (Å²) in [6.07, 6.45) is 3.18. The molecule has 7 heteroatoms. The number of fused-ring (bicyclic) bond motifs is 2. The van der Waals surface area contributed by atoms with E-state index in [1.807, 2.05) is 31.2 Å². The molecular formula is C22H22ClN3O3. The summed E-state index contributed by atoms with van der Waals surface area (Å²) in [6.45, 7) is 1.49. The summed E-state index contributed by atoms with van der Waals surface area (Å²) in [6, 6.07) is 12.3. The highest BCUT2D eigenvalue weighted by atomic mass is 35.5. The lowest BCUT2D eigenvalue weighted by Crippen LogP contribution is -2.44. The van der Waals surface area contributed by atoms with Crippen molar-refractivity contribution in [3.8, 4) is 0 Å². The number of rotatable bonds is 3. The van der Waals surface area contributed by atoms with Crippen molar-refractivity contribution in [2.24, 2.45) is 0 Å². The zero-order valence-corrected chi connectivity index (χ0v) is 16.9. The Kier molecular flexibility index (Phi) is 5.04. The molecule has 1 fully saturated rings. The van der Waals surface area contributed by atoms with Gasteiger partial charge < -0.3 is 10.6 Å². The van der Waals surface area contributed by atoms with Gasteiger partial charge in [-0.1, -0.05) is 35.9 Å². The summed E-state index contributed by atoms with van der Waals surface area (Å²) in [5.74, 6) is -0.794. The second kappa shape index (κ2) is 7.52. The first kappa shape index (κ1) is 19.5. The molecule has 1 unspecified atom stereocenters. The highest BCUT2D eigenvalue weighted by Gasteiger charge is 2.53. The number of carbonyl (C=O) groups is 3. The molecule has 4 rings (SSSR count). The highest BCUT2D eigenvalue weighted by molar-refractivity contribution is 6.30. The van der Waals surface area contributed by atoms with Gasteiger partial charge in [-0.25, -0.2) is 4.79 Å². The third-order valence-corrected chi connectivity index (χ3v) is 5.90. The molecule has 1 aliphatic heterocycles. The Morgan fingerprint density at radius 2 is 2.00 bits per heavy atom. The molecule has 29 heavy (non-hydrogen) atoms. The Balaban J connectivity index is 1.57.